The average molecular weight is 404 g/mol. The number of ketones is 1. The van der Waals surface area contributed by atoms with Gasteiger partial charge in [0.15, 0.2) is 6.23 Å². The second-order valence-electron chi connectivity index (χ2n) is 6.45. The number of ether oxygens (including phenoxy) is 3. The first-order valence-electron chi connectivity index (χ1n) is 8.51. The van der Waals surface area contributed by atoms with Crippen LogP contribution in [0, 0.1) is 0 Å². The molecule has 2 rings (SSSR count). The fourth-order valence-corrected chi connectivity index (χ4v) is 4.27. The predicted octanol–water partition coefficient (Wildman–Crippen LogP) is 1.74. The zero-order chi connectivity index (χ0) is 20.2. The largest absolute Gasteiger partial charge is 0.481 e. The fraction of sp³-hybridized carbons (Fsp3) is 0.688. The summed E-state index contributed by atoms with van der Waals surface area (Å²) in [7, 11) is -2.17. The van der Waals surface area contributed by atoms with Crippen LogP contribution in [-0.4, -0.2) is 53.7 Å². The van der Waals surface area contributed by atoms with E-state index < -0.39 is 37.7 Å². The Bertz CT molecular complexity index is 749. The molecule has 0 radical (unpaired) electrons. The molecule has 2 atom stereocenters. The van der Waals surface area contributed by atoms with Gasteiger partial charge in [0.05, 0.1) is 25.9 Å². The van der Waals surface area contributed by atoms with Crippen molar-refractivity contribution >= 4 is 13.4 Å². The van der Waals surface area contributed by atoms with E-state index in [4.69, 9.17) is 23.3 Å². The van der Waals surface area contributed by atoms with Crippen LogP contribution in [0.3, 0.4) is 0 Å². The molecular formula is C16H25N2O8P. The molecule has 0 saturated carbocycles. The van der Waals surface area contributed by atoms with Crippen LogP contribution >= 0.6 is 7.60 Å². The maximum Gasteiger partial charge on any atom is 0.356 e. The van der Waals surface area contributed by atoms with Crippen molar-refractivity contribution in [3.05, 3.63) is 22.7 Å². The highest BCUT2D eigenvalue weighted by Crippen LogP contribution is 2.50. The quantitative estimate of drug-likeness (QED) is 0.568. The molecule has 0 aromatic carbocycles. The number of methoxy groups -OCH3 is 1. The zero-order valence-electron chi connectivity index (χ0n) is 16.0. The molecule has 0 bridgehead atoms. The molecule has 1 saturated heterocycles. The summed E-state index contributed by atoms with van der Waals surface area (Å²) in [4.78, 5) is 28.2. The lowest BCUT2D eigenvalue weighted by atomic mass is 10.2. The Morgan fingerprint density at radius 2 is 1.89 bits per heavy atom. The van der Waals surface area contributed by atoms with E-state index in [-0.39, 0.29) is 24.7 Å². The van der Waals surface area contributed by atoms with E-state index in [1.165, 1.54) is 19.4 Å². The molecule has 0 amide bonds. The second-order valence-corrected chi connectivity index (χ2v) is 8.35. The van der Waals surface area contributed by atoms with Crippen molar-refractivity contribution in [2.45, 2.75) is 52.2 Å². The molecule has 1 fully saturated rings. The minimum absolute atomic E-state index is 0.0919. The summed E-state index contributed by atoms with van der Waals surface area (Å²) in [5, 5.41) is 0. The van der Waals surface area contributed by atoms with Gasteiger partial charge in [0.2, 0.25) is 11.7 Å². The van der Waals surface area contributed by atoms with E-state index >= 15 is 0 Å². The normalized spacial score (nSPS) is 20.6. The number of carbonyl (C=O) groups excluding carboxylic acids is 1. The predicted molar refractivity (Wildman–Crippen MR) is 94.8 cm³/mol. The summed E-state index contributed by atoms with van der Waals surface area (Å²) in [6.45, 7) is 6.79. The number of aromatic nitrogens is 2. The number of hydrogen-bond donors (Lipinski definition) is 0. The van der Waals surface area contributed by atoms with Crippen molar-refractivity contribution < 1.29 is 32.6 Å². The summed E-state index contributed by atoms with van der Waals surface area (Å²) in [6, 6.07) is 1.44. The number of carbonyl (C=O) groups is 1. The molecule has 11 heteroatoms. The standard InChI is InChI=1S/C16H25N2O8P/c1-10(2)25-27(21,26-11(3)4)9-24-12-8-23-15(14(12)19)18-7-6-13(22-5)17-16(18)20/h6-7,10-12,15H,8-9H2,1-5H3. The molecule has 1 aliphatic rings. The van der Waals surface area contributed by atoms with E-state index in [0.717, 1.165) is 4.57 Å². The van der Waals surface area contributed by atoms with Gasteiger partial charge in [0.25, 0.3) is 0 Å². The average Bonchev–Trinajstić information content (AvgIpc) is 2.92. The molecule has 1 aliphatic heterocycles. The molecule has 2 heterocycles. The van der Waals surface area contributed by atoms with Crippen molar-refractivity contribution in [2.75, 3.05) is 20.1 Å². The summed E-state index contributed by atoms with van der Waals surface area (Å²) in [5.41, 5.74) is -0.690. The monoisotopic (exact) mass is 404 g/mol. The molecular weight excluding hydrogens is 379 g/mol. The molecule has 152 valence electrons. The van der Waals surface area contributed by atoms with E-state index in [1.54, 1.807) is 27.7 Å². The van der Waals surface area contributed by atoms with Crippen molar-refractivity contribution in [1.82, 2.24) is 9.55 Å². The first-order valence-corrected chi connectivity index (χ1v) is 10.2. The lowest BCUT2D eigenvalue weighted by molar-refractivity contribution is -0.131. The van der Waals surface area contributed by atoms with Gasteiger partial charge in [-0.15, -0.1) is 0 Å². The Hall–Kier alpha value is -1.58. The third-order valence-corrected chi connectivity index (χ3v) is 5.36. The van der Waals surface area contributed by atoms with Gasteiger partial charge < -0.3 is 23.3 Å². The second kappa shape index (κ2) is 9.07. The minimum Gasteiger partial charge on any atom is -0.481 e. The summed E-state index contributed by atoms with van der Waals surface area (Å²) >= 11 is 0. The van der Waals surface area contributed by atoms with Gasteiger partial charge in [-0.25, -0.2) is 4.79 Å². The van der Waals surface area contributed by atoms with Gasteiger partial charge in [-0.2, -0.15) is 4.98 Å². The van der Waals surface area contributed by atoms with E-state index in [1.807, 2.05) is 0 Å². The summed E-state index contributed by atoms with van der Waals surface area (Å²) in [6.07, 6.45) is -1.89. The molecule has 0 N–H and O–H groups in total. The van der Waals surface area contributed by atoms with Gasteiger partial charge in [-0.3, -0.25) is 13.9 Å². The number of Topliss-reactive ketones (excluding diaryl/α,β-unsaturated/α-hetero) is 1. The Kier molecular flexibility index (Phi) is 7.30. The molecule has 2 unspecified atom stereocenters. The van der Waals surface area contributed by atoms with Crippen LogP contribution in [0.15, 0.2) is 17.1 Å². The Morgan fingerprint density at radius 1 is 1.26 bits per heavy atom. The highest BCUT2D eigenvalue weighted by atomic mass is 31.2. The smallest absolute Gasteiger partial charge is 0.356 e. The molecule has 1 aromatic heterocycles. The number of hydrogen-bond acceptors (Lipinski definition) is 9. The van der Waals surface area contributed by atoms with Gasteiger partial charge >= 0.3 is 13.3 Å². The topological polar surface area (TPSA) is 115 Å². The van der Waals surface area contributed by atoms with Crippen LogP contribution < -0.4 is 10.4 Å². The molecule has 0 aliphatic carbocycles. The fourth-order valence-electron chi connectivity index (χ4n) is 2.45. The molecule has 10 nitrogen and oxygen atoms in total. The Morgan fingerprint density at radius 3 is 2.41 bits per heavy atom. The van der Waals surface area contributed by atoms with Crippen molar-refractivity contribution in [3.63, 3.8) is 0 Å². The van der Waals surface area contributed by atoms with Crippen molar-refractivity contribution in [1.29, 1.82) is 0 Å². The maximum absolute atomic E-state index is 12.8. The van der Waals surface area contributed by atoms with Gasteiger partial charge in [0.1, 0.15) is 12.5 Å². The Labute approximate surface area is 157 Å². The summed E-state index contributed by atoms with van der Waals surface area (Å²) < 4.78 is 40.3. The SMILES string of the molecule is COc1ccn(C2OCC(OCP(=O)(OC(C)C)OC(C)C)C2=O)c(=O)n1. The first kappa shape index (κ1) is 21.7. The lowest BCUT2D eigenvalue weighted by Crippen LogP contribution is -2.32. The van der Waals surface area contributed by atoms with Crippen LogP contribution in [0.5, 0.6) is 5.88 Å². The van der Waals surface area contributed by atoms with Gasteiger partial charge in [0, 0.05) is 12.3 Å². The highest BCUT2D eigenvalue weighted by Gasteiger charge is 2.40. The third-order valence-electron chi connectivity index (χ3n) is 3.41. The molecule has 0 spiro atoms. The van der Waals surface area contributed by atoms with E-state index in [0.29, 0.717) is 0 Å². The lowest BCUT2D eigenvalue weighted by Gasteiger charge is -2.23. The zero-order valence-corrected chi connectivity index (χ0v) is 16.9. The van der Waals surface area contributed by atoms with Crippen molar-refractivity contribution in [2.24, 2.45) is 0 Å². The maximum atomic E-state index is 12.8. The first-order chi connectivity index (χ1) is 12.6. The van der Waals surface area contributed by atoms with Gasteiger partial charge in [-0.05, 0) is 27.7 Å². The van der Waals surface area contributed by atoms with Gasteiger partial charge in [-0.1, -0.05) is 0 Å². The van der Waals surface area contributed by atoms with Crippen molar-refractivity contribution in [3.8, 4) is 5.88 Å². The van der Waals surface area contributed by atoms with Crippen LogP contribution in [-0.2, 0) is 27.9 Å². The number of nitrogens with zero attached hydrogens (tertiary/aromatic N) is 2. The summed E-state index contributed by atoms with van der Waals surface area (Å²) in [5.74, 6) is -0.350. The van der Waals surface area contributed by atoms with Crippen LogP contribution in [0.1, 0.15) is 33.9 Å². The molecule has 1 aromatic rings. The van der Waals surface area contributed by atoms with Crippen LogP contribution in [0.2, 0.25) is 0 Å². The van der Waals surface area contributed by atoms with Crippen LogP contribution in [0.4, 0.5) is 0 Å². The van der Waals surface area contributed by atoms with E-state index in [2.05, 4.69) is 4.98 Å². The molecule has 27 heavy (non-hydrogen) atoms. The Balaban J connectivity index is 2.06. The van der Waals surface area contributed by atoms with Crippen LogP contribution in [0.25, 0.3) is 0 Å². The highest BCUT2D eigenvalue weighted by molar-refractivity contribution is 7.53. The number of rotatable bonds is 9. The third kappa shape index (κ3) is 5.70. The minimum atomic E-state index is -3.55. The van der Waals surface area contributed by atoms with E-state index in [9.17, 15) is 14.2 Å².